The van der Waals surface area contributed by atoms with E-state index >= 15 is 0 Å². The van der Waals surface area contributed by atoms with E-state index in [1.165, 1.54) is 10.8 Å². The van der Waals surface area contributed by atoms with Crippen LogP contribution in [-0.4, -0.2) is 9.13 Å². The van der Waals surface area contributed by atoms with E-state index in [0.29, 0.717) is 16.8 Å². The second kappa shape index (κ2) is 11.4. The van der Waals surface area contributed by atoms with Crippen LogP contribution in [0.5, 0.6) is 0 Å². The maximum atomic E-state index is 10.1. The van der Waals surface area contributed by atoms with Crippen molar-refractivity contribution in [1.29, 1.82) is 10.5 Å². The third-order valence-electron chi connectivity index (χ3n) is 9.59. The highest BCUT2D eigenvalue weighted by atomic mass is 15.0. The van der Waals surface area contributed by atoms with Crippen molar-refractivity contribution in [3.63, 3.8) is 0 Å². The summed E-state index contributed by atoms with van der Waals surface area (Å²) in [6.07, 6.45) is 0. The number of hydrogen-bond acceptors (Lipinski definition) is 2. The quantitative estimate of drug-likeness (QED) is 0.181. The lowest BCUT2D eigenvalue weighted by Crippen LogP contribution is -1.99. The summed E-state index contributed by atoms with van der Waals surface area (Å²) in [6.45, 7) is 7.92. The van der Waals surface area contributed by atoms with Gasteiger partial charge in [-0.1, -0.05) is 84.9 Å². The van der Waals surface area contributed by atoms with Gasteiger partial charge < -0.3 is 9.13 Å². The molecule has 9 aromatic rings. The van der Waals surface area contributed by atoms with Crippen molar-refractivity contribution in [1.82, 2.24) is 9.13 Å². The van der Waals surface area contributed by atoms with Gasteiger partial charge >= 0.3 is 0 Å². The smallest absolute Gasteiger partial charge is 0.206 e. The minimum absolute atomic E-state index is 0.292. The van der Waals surface area contributed by atoms with Crippen LogP contribution < -0.4 is 0 Å². The largest absolute Gasteiger partial charge is 0.310 e. The van der Waals surface area contributed by atoms with Crippen molar-refractivity contribution in [2.45, 2.75) is 0 Å². The Balaban J connectivity index is 1.25. The first kappa shape index (κ1) is 28.8. The zero-order valence-electron chi connectivity index (χ0n) is 26.7. The van der Waals surface area contributed by atoms with E-state index < -0.39 is 0 Å². The normalized spacial score (nSPS) is 11.1. The SMILES string of the molecule is [C-]#[N+]c1cc(-n2c3ccccc3c3cc(C#N)ccc32)c(-c2cccc(-c3cccc(-n4c5ccccc5c5ccccc54)c3)c2)cc1C#N. The average Bonchev–Trinajstić information content (AvgIpc) is 3.70. The minimum Gasteiger partial charge on any atom is -0.310 e. The first-order chi connectivity index (χ1) is 24.7. The van der Waals surface area contributed by atoms with E-state index in [-0.39, 0.29) is 0 Å². The fourth-order valence-electron chi connectivity index (χ4n) is 7.37. The molecule has 0 saturated heterocycles. The molecule has 0 saturated carbocycles. The molecule has 0 amide bonds. The standard InChI is InChI=1S/C45H25N5/c1-48-40-26-45(50-43-19-7-4-16-37(43)39-22-29(27-46)20-21-44(39)50)38(25-33(40)28-47)32-12-8-10-30(23-32)31-11-9-13-34(24-31)49-41-17-5-2-14-35(41)36-15-3-6-18-42(36)49/h2-26H. The molecule has 0 N–H and O–H groups in total. The molecule has 0 bridgehead atoms. The van der Waals surface area contributed by atoms with Crippen LogP contribution in [0.3, 0.4) is 0 Å². The second-order valence-corrected chi connectivity index (χ2v) is 12.3. The topological polar surface area (TPSA) is 61.8 Å². The molecule has 50 heavy (non-hydrogen) atoms. The lowest BCUT2D eigenvalue weighted by Gasteiger charge is -2.17. The molecular formula is C45H25N5. The van der Waals surface area contributed by atoms with E-state index in [9.17, 15) is 10.5 Å². The van der Waals surface area contributed by atoms with Gasteiger partial charge in [0.05, 0.1) is 51.9 Å². The predicted molar refractivity (Wildman–Crippen MR) is 202 cm³/mol. The fourth-order valence-corrected chi connectivity index (χ4v) is 7.37. The van der Waals surface area contributed by atoms with Crippen LogP contribution in [0.25, 0.3) is 82.1 Å². The maximum absolute atomic E-state index is 10.1. The Bertz CT molecular complexity index is 2920. The molecule has 7 aromatic carbocycles. The number of rotatable bonds is 4. The van der Waals surface area contributed by atoms with Gasteiger partial charge in [0.2, 0.25) is 5.69 Å². The van der Waals surface area contributed by atoms with E-state index in [1.807, 2.05) is 48.5 Å². The lowest BCUT2D eigenvalue weighted by molar-refractivity contribution is 1.18. The molecule has 5 heteroatoms. The molecular weight excluding hydrogens is 611 g/mol. The van der Waals surface area contributed by atoms with Gasteiger partial charge in [-0.15, -0.1) is 0 Å². The van der Waals surface area contributed by atoms with Gasteiger partial charge in [0.25, 0.3) is 0 Å². The summed E-state index contributed by atoms with van der Waals surface area (Å²) in [5.41, 5.74) is 11.1. The van der Waals surface area contributed by atoms with Gasteiger partial charge in [0, 0.05) is 38.5 Å². The second-order valence-electron chi connectivity index (χ2n) is 12.3. The first-order valence-corrected chi connectivity index (χ1v) is 16.3. The molecule has 0 atom stereocenters. The lowest BCUT2D eigenvalue weighted by atomic mass is 9.95. The molecule has 0 fully saturated rings. The summed E-state index contributed by atoms with van der Waals surface area (Å²) in [7, 11) is 0. The van der Waals surface area contributed by atoms with Gasteiger partial charge in [0.15, 0.2) is 0 Å². The Morgan fingerprint density at radius 3 is 1.72 bits per heavy atom. The number of nitriles is 2. The van der Waals surface area contributed by atoms with E-state index in [4.69, 9.17) is 6.57 Å². The van der Waals surface area contributed by atoms with Crippen LogP contribution in [0, 0.1) is 29.2 Å². The molecule has 5 nitrogen and oxygen atoms in total. The van der Waals surface area contributed by atoms with Crippen molar-refractivity contribution in [2.24, 2.45) is 0 Å². The van der Waals surface area contributed by atoms with Crippen molar-refractivity contribution in [2.75, 3.05) is 0 Å². The van der Waals surface area contributed by atoms with Crippen LogP contribution in [0.4, 0.5) is 5.69 Å². The van der Waals surface area contributed by atoms with Gasteiger partial charge in [-0.3, -0.25) is 0 Å². The molecule has 2 aromatic heterocycles. The Morgan fingerprint density at radius 2 is 1.06 bits per heavy atom. The third kappa shape index (κ3) is 4.38. The summed E-state index contributed by atoms with van der Waals surface area (Å²) in [5, 5.41) is 24.2. The Labute approximate surface area is 288 Å². The number of fused-ring (bicyclic) bond motifs is 6. The van der Waals surface area contributed by atoms with Gasteiger partial charge in [-0.25, -0.2) is 4.85 Å². The van der Waals surface area contributed by atoms with Crippen molar-refractivity contribution in [3.8, 4) is 45.8 Å². The number of benzene rings is 7. The average molecular weight is 636 g/mol. The third-order valence-corrected chi connectivity index (χ3v) is 9.59. The van der Waals surface area contributed by atoms with Gasteiger partial charge in [0.1, 0.15) is 0 Å². The number of aromatic nitrogens is 2. The van der Waals surface area contributed by atoms with Crippen LogP contribution in [0.1, 0.15) is 11.1 Å². The molecule has 9 rings (SSSR count). The van der Waals surface area contributed by atoms with Gasteiger partial charge in [-0.2, -0.15) is 10.5 Å². The van der Waals surface area contributed by atoms with Crippen LogP contribution in [0.2, 0.25) is 0 Å². The number of para-hydroxylation sites is 3. The maximum Gasteiger partial charge on any atom is 0.206 e. The predicted octanol–water partition coefficient (Wildman–Crippen LogP) is 11.5. The van der Waals surface area contributed by atoms with Crippen molar-refractivity contribution in [3.05, 3.63) is 174 Å². The highest BCUT2D eigenvalue weighted by Gasteiger charge is 2.19. The molecule has 0 aliphatic rings. The first-order valence-electron chi connectivity index (χ1n) is 16.3. The van der Waals surface area contributed by atoms with E-state index in [2.05, 4.69) is 129 Å². The highest BCUT2D eigenvalue weighted by molar-refractivity contribution is 6.11. The number of hydrogen-bond donors (Lipinski definition) is 0. The molecule has 0 radical (unpaired) electrons. The molecule has 0 unspecified atom stereocenters. The summed E-state index contributed by atoms with van der Waals surface area (Å²) in [4.78, 5) is 3.75. The fraction of sp³-hybridized carbons (Fsp3) is 0. The zero-order valence-corrected chi connectivity index (χ0v) is 26.7. The summed E-state index contributed by atoms with van der Waals surface area (Å²) >= 11 is 0. The molecule has 0 aliphatic carbocycles. The summed E-state index contributed by atoms with van der Waals surface area (Å²) in [6, 6.07) is 55.9. The Hall–Kier alpha value is -7.39. The monoisotopic (exact) mass is 635 g/mol. The zero-order chi connectivity index (χ0) is 33.8. The van der Waals surface area contributed by atoms with Crippen molar-refractivity contribution >= 4 is 49.3 Å². The van der Waals surface area contributed by atoms with E-state index in [0.717, 1.165) is 66.5 Å². The summed E-state index contributed by atoms with van der Waals surface area (Å²) in [5.74, 6) is 0. The van der Waals surface area contributed by atoms with Crippen LogP contribution in [0.15, 0.2) is 152 Å². The molecule has 230 valence electrons. The highest BCUT2D eigenvalue weighted by Crippen LogP contribution is 2.41. The van der Waals surface area contributed by atoms with Crippen molar-refractivity contribution < 1.29 is 0 Å². The molecule has 0 aliphatic heterocycles. The van der Waals surface area contributed by atoms with E-state index in [1.54, 1.807) is 0 Å². The minimum atomic E-state index is 0.292. The molecule has 0 spiro atoms. The van der Waals surface area contributed by atoms with Gasteiger partial charge in [-0.05, 0) is 83.4 Å². The Morgan fingerprint density at radius 1 is 0.480 bits per heavy atom. The molecule has 2 heterocycles. The van der Waals surface area contributed by atoms with Crippen LogP contribution >= 0.6 is 0 Å². The Kier molecular flexibility index (Phi) is 6.56. The number of nitrogens with zero attached hydrogens (tertiary/aromatic N) is 5. The summed E-state index contributed by atoms with van der Waals surface area (Å²) < 4.78 is 4.46. The van der Waals surface area contributed by atoms with Crippen LogP contribution in [-0.2, 0) is 0 Å².